The zero-order valence-corrected chi connectivity index (χ0v) is 12.0. The van der Waals surface area contributed by atoms with Crippen molar-refractivity contribution in [2.24, 2.45) is 7.05 Å². The van der Waals surface area contributed by atoms with E-state index >= 15 is 0 Å². The summed E-state index contributed by atoms with van der Waals surface area (Å²) in [5.74, 6) is -0.930. The highest BCUT2D eigenvalue weighted by Crippen LogP contribution is 2.25. The molecule has 0 unspecified atom stereocenters. The molecular formula is C14H15N3O2S. The highest BCUT2D eigenvalue weighted by Gasteiger charge is 2.17. The Labute approximate surface area is 120 Å². The highest BCUT2D eigenvalue weighted by atomic mass is 32.1. The third-order valence-corrected chi connectivity index (χ3v) is 4.44. The fourth-order valence-electron chi connectivity index (χ4n) is 2.53. The Balaban J connectivity index is 1.88. The van der Waals surface area contributed by atoms with E-state index in [2.05, 4.69) is 10.1 Å². The van der Waals surface area contributed by atoms with Gasteiger partial charge in [0, 0.05) is 12.6 Å². The summed E-state index contributed by atoms with van der Waals surface area (Å²) < 4.78 is 1.90. The summed E-state index contributed by atoms with van der Waals surface area (Å²) in [5, 5.41) is 14.1. The molecule has 0 amide bonds. The van der Waals surface area contributed by atoms with E-state index in [1.807, 2.05) is 23.9 Å². The largest absolute Gasteiger partial charge is 0.477 e. The van der Waals surface area contributed by atoms with Gasteiger partial charge in [-0.1, -0.05) is 0 Å². The molecule has 6 heteroatoms. The summed E-state index contributed by atoms with van der Waals surface area (Å²) >= 11 is 1.18. The van der Waals surface area contributed by atoms with Crippen LogP contribution in [0.2, 0.25) is 0 Å². The van der Waals surface area contributed by atoms with Crippen LogP contribution in [0.3, 0.4) is 0 Å². The number of aromatic nitrogens is 3. The van der Waals surface area contributed by atoms with Gasteiger partial charge in [-0.25, -0.2) is 9.78 Å². The lowest BCUT2D eigenvalue weighted by Crippen LogP contribution is -2.00. The van der Waals surface area contributed by atoms with E-state index in [-0.39, 0.29) is 4.88 Å². The summed E-state index contributed by atoms with van der Waals surface area (Å²) in [4.78, 5) is 15.2. The fraction of sp³-hybridized carbons (Fsp3) is 0.357. The first-order valence-corrected chi connectivity index (χ1v) is 7.39. The number of carbonyl (C=O) groups is 1. The number of carboxylic acids is 1. The number of fused-ring (bicyclic) bond motifs is 1. The first kappa shape index (κ1) is 13.1. The monoisotopic (exact) mass is 289 g/mol. The topological polar surface area (TPSA) is 68.0 Å². The fourth-order valence-corrected chi connectivity index (χ4v) is 3.19. The van der Waals surface area contributed by atoms with Crippen LogP contribution < -0.4 is 0 Å². The Kier molecular flexibility index (Phi) is 3.40. The van der Waals surface area contributed by atoms with Crippen LogP contribution in [0.4, 0.5) is 0 Å². The molecule has 2 aromatic heterocycles. The van der Waals surface area contributed by atoms with Crippen LogP contribution in [0, 0.1) is 0 Å². The summed E-state index contributed by atoms with van der Waals surface area (Å²) in [6, 6.07) is 0. The van der Waals surface area contributed by atoms with Gasteiger partial charge >= 0.3 is 5.97 Å². The molecule has 0 aliphatic heterocycles. The molecule has 2 aromatic rings. The number of aryl methyl sites for hydroxylation is 2. The van der Waals surface area contributed by atoms with Crippen LogP contribution in [-0.2, 0) is 19.9 Å². The predicted octanol–water partition coefficient (Wildman–Crippen LogP) is 2.62. The molecule has 5 nitrogen and oxygen atoms in total. The Morgan fingerprint density at radius 3 is 2.95 bits per heavy atom. The van der Waals surface area contributed by atoms with Crippen LogP contribution in [-0.4, -0.2) is 25.8 Å². The molecule has 20 heavy (non-hydrogen) atoms. The van der Waals surface area contributed by atoms with E-state index in [1.165, 1.54) is 41.6 Å². The van der Waals surface area contributed by atoms with Crippen molar-refractivity contribution in [1.82, 2.24) is 14.8 Å². The Morgan fingerprint density at radius 2 is 2.20 bits per heavy atom. The Morgan fingerprint density at radius 1 is 1.40 bits per heavy atom. The predicted molar refractivity (Wildman–Crippen MR) is 77.9 cm³/mol. The molecule has 0 radical (unpaired) electrons. The molecule has 1 aliphatic rings. The van der Waals surface area contributed by atoms with Gasteiger partial charge in [0.25, 0.3) is 0 Å². The van der Waals surface area contributed by atoms with Gasteiger partial charge < -0.3 is 5.11 Å². The highest BCUT2D eigenvalue weighted by molar-refractivity contribution is 7.14. The van der Waals surface area contributed by atoms with Gasteiger partial charge in [-0.3, -0.25) is 4.68 Å². The molecule has 0 bridgehead atoms. The lowest BCUT2D eigenvalue weighted by molar-refractivity contribution is 0.0702. The molecule has 0 spiro atoms. The molecule has 0 saturated heterocycles. The van der Waals surface area contributed by atoms with Crippen molar-refractivity contribution < 1.29 is 9.90 Å². The van der Waals surface area contributed by atoms with E-state index in [4.69, 9.17) is 5.11 Å². The number of hydrogen-bond donors (Lipinski definition) is 1. The van der Waals surface area contributed by atoms with Crippen LogP contribution in [0.5, 0.6) is 0 Å². The third-order valence-electron chi connectivity index (χ3n) is 3.49. The maximum absolute atomic E-state index is 10.8. The molecule has 1 aliphatic carbocycles. The molecule has 0 saturated carbocycles. The second-order valence-corrected chi connectivity index (χ2v) is 5.90. The second-order valence-electron chi connectivity index (χ2n) is 4.84. The van der Waals surface area contributed by atoms with Gasteiger partial charge in [-0.15, -0.1) is 11.3 Å². The average molecular weight is 289 g/mol. The Bertz CT molecular complexity index is 685. The summed E-state index contributed by atoms with van der Waals surface area (Å²) in [7, 11) is 1.95. The van der Waals surface area contributed by atoms with Gasteiger partial charge in [0.15, 0.2) is 0 Å². The minimum absolute atomic E-state index is 0.261. The SMILES string of the molecule is Cn1nc2c(c1/C=C/c1ncc(C(=O)O)s1)CCCC2. The molecule has 3 rings (SSSR count). The van der Waals surface area contributed by atoms with Gasteiger partial charge in [-0.05, 0) is 37.8 Å². The van der Waals surface area contributed by atoms with Crippen molar-refractivity contribution in [3.05, 3.63) is 33.0 Å². The second kappa shape index (κ2) is 5.20. The van der Waals surface area contributed by atoms with E-state index in [0.29, 0.717) is 5.01 Å². The smallest absolute Gasteiger partial charge is 0.347 e. The van der Waals surface area contributed by atoms with Crippen LogP contribution in [0.15, 0.2) is 6.20 Å². The lowest BCUT2D eigenvalue weighted by atomic mass is 9.96. The maximum atomic E-state index is 10.8. The minimum Gasteiger partial charge on any atom is -0.477 e. The summed E-state index contributed by atoms with van der Waals surface area (Å²) in [5.41, 5.74) is 3.63. The van der Waals surface area contributed by atoms with Crippen LogP contribution in [0.25, 0.3) is 12.2 Å². The van der Waals surface area contributed by atoms with Crippen molar-refractivity contribution in [2.45, 2.75) is 25.7 Å². The molecule has 104 valence electrons. The van der Waals surface area contributed by atoms with E-state index < -0.39 is 5.97 Å². The normalized spacial score (nSPS) is 14.7. The number of hydrogen-bond acceptors (Lipinski definition) is 4. The minimum atomic E-state index is -0.930. The average Bonchev–Trinajstić information content (AvgIpc) is 3.00. The molecule has 2 heterocycles. The molecule has 0 fully saturated rings. The van der Waals surface area contributed by atoms with Gasteiger partial charge in [0.2, 0.25) is 0 Å². The standard InChI is InChI=1S/C14H15N3O2S/c1-17-11(9-4-2-3-5-10(9)16-17)6-7-13-15-8-12(20-13)14(18)19/h6-8H,2-5H2,1H3,(H,18,19)/b7-6+. The van der Waals surface area contributed by atoms with Gasteiger partial charge in [-0.2, -0.15) is 5.10 Å². The number of nitrogens with zero attached hydrogens (tertiary/aromatic N) is 3. The molecule has 0 atom stereocenters. The van der Waals surface area contributed by atoms with Crippen LogP contribution >= 0.6 is 11.3 Å². The number of rotatable bonds is 3. The van der Waals surface area contributed by atoms with Crippen molar-refractivity contribution in [1.29, 1.82) is 0 Å². The van der Waals surface area contributed by atoms with E-state index in [1.54, 1.807) is 0 Å². The molecule has 1 N–H and O–H groups in total. The summed E-state index contributed by atoms with van der Waals surface area (Å²) in [6.45, 7) is 0. The number of aromatic carboxylic acids is 1. The van der Waals surface area contributed by atoms with Crippen molar-refractivity contribution >= 4 is 29.5 Å². The Hall–Kier alpha value is -1.95. The first-order valence-electron chi connectivity index (χ1n) is 6.57. The molecular weight excluding hydrogens is 274 g/mol. The molecule has 0 aromatic carbocycles. The van der Waals surface area contributed by atoms with Gasteiger partial charge in [0.1, 0.15) is 9.88 Å². The van der Waals surface area contributed by atoms with E-state index in [9.17, 15) is 4.79 Å². The van der Waals surface area contributed by atoms with E-state index in [0.717, 1.165) is 18.5 Å². The first-order chi connectivity index (χ1) is 9.65. The zero-order valence-electron chi connectivity index (χ0n) is 11.2. The number of thiazole rings is 1. The maximum Gasteiger partial charge on any atom is 0.347 e. The zero-order chi connectivity index (χ0) is 14.1. The van der Waals surface area contributed by atoms with Crippen molar-refractivity contribution in [2.75, 3.05) is 0 Å². The lowest BCUT2D eigenvalue weighted by Gasteiger charge is -2.09. The van der Waals surface area contributed by atoms with Crippen LogP contribution in [0.1, 0.15) is 44.5 Å². The quantitative estimate of drug-likeness (QED) is 0.943. The van der Waals surface area contributed by atoms with Crippen molar-refractivity contribution in [3.63, 3.8) is 0 Å². The third kappa shape index (κ3) is 2.38. The summed E-state index contributed by atoms with van der Waals surface area (Å²) in [6.07, 6.45) is 9.79. The number of carboxylic acid groups (broad SMARTS) is 1. The van der Waals surface area contributed by atoms with Gasteiger partial charge in [0.05, 0.1) is 17.6 Å². The van der Waals surface area contributed by atoms with Crippen molar-refractivity contribution in [3.8, 4) is 0 Å².